The average molecular weight is 290 g/mol. The van der Waals surface area contributed by atoms with Gasteiger partial charge in [0.1, 0.15) is 0 Å². The Kier molecular flexibility index (Phi) is 4.93. The topological polar surface area (TPSA) is 37.3 Å². The molecule has 2 heteroatoms. The number of hydrogen-bond acceptors (Lipinski definition) is 2. The third kappa shape index (κ3) is 4.18. The van der Waals surface area contributed by atoms with Crippen LogP contribution in [0.1, 0.15) is 25.0 Å². The first-order chi connectivity index (χ1) is 10.5. The summed E-state index contributed by atoms with van der Waals surface area (Å²) in [6, 6.07) is 18.8. The number of carbonyl (C=O) groups excluding carboxylic acids is 1. The monoisotopic (exact) mass is 290 g/mol. The van der Waals surface area contributed by atoms with Crippen LogP contribution in [0.3, 0.4) is 0 Å². The van der Waals surface area contributed by atoms with Crippen LogP contribution in [0.4, 0.5) is 0 Å². The molecule has 2 aromatic carbocycles. The van der Waals surface area contributed by atoms with E-state index in [1.165, 1.54) is 6.92 Å². The molecule has 0 bridgehead atoms. The van der Waals surface area contributed by atoms with E-state index in [4.69, 9.17) is 0 Å². The fraction of sp³-hybridized carbons (Fsp3) is 0.150. The molecule has 1 unspecified atom stereocenters. The van der Waals surface area contributed by atoms with Crippen LogP contribution in [0, 0.1) is 11.8 Å². The predicted molar refractivity (Wildman–Crippen MR) is 89.0 cm³/mol. The van der Waals surface area contributed by atoms with Crippen LogP contribution in [0.5, 0.6) is 0 Å². The summed E-state index contributed by atoms with van der Waals surface area (Å²) in [6.07, 6.45) is 1.68. The number of aliphatic hydroxyl groups is 1. The molecule has 2 aromatic rings. The van der Waals surface area contributed by atoms with Gasteiger partial charge in [-0.05, 0) is 37.6 Å². The lowest BCUT2D eigenvalue weighted by Crippen LogP contribution is -2.28. The van der Waals surface area contributed by atoms with Gasteiger partial charge in [-0.25, -0.2) is 0 Å². The van der Waals surface area contributed by atoms with Gasteiger partial charge in [0, 0.05) is 11.1 Å². The van der Waals surface area contributed by atoms with Gasteiger partial charge in [-0.2, -0.15) is 0 Å². The second-order valence-electron chi connectivity index (χ2n) is 5.21. The van der Waals surface area contributed by atoms with E-state index in [0.29, 0.717) is 0 Å². The van der Waals surface area contributed by atoms with Gasteiger partial charge in [0.05, 0.1) is 0 Å². The summed E-state index contributed by atoms with van der Waals surface area (Å²) in [5.74, 6) is 5.51. The molecule has 2 rings (SSSR count). The summed E-state index contributed by atoms with van der Waals surface area (Å²) in [6.45, 7) is 2.98. The lowest BCUT2D eigenvalue weighted by atomic mass is 9.91. The Hall–Kier alpha value is -2.63. The van der Waals surface area contributed by atoms with Gasteiger partial charge in [0.2, 0.25) is 0 Å². The molecule has 1 atom stereocenters. The molecule has 22 heavy (non-hydrogen) atoms. The zero-order chi connectivity index (χ0) is 16.0. The van der Waals surface area contributed by atoms with E-state index in [2.05, 4.69) is 11.8 Å². The quantitative estimate of drug-likeness (QED) is 0.694. The first-order valence-corrected chi connectivity index (χ1v) is 7.08. The van der Waals surface area contributed by atoms with Crippen LogP contribution in [0.15, 0.2) is 66.2 Å². The van der Waals surface area contributed by atoms with Crippen LogP contribution in [-0.2, 0) is 4.79 Å². The van der Waals surface area contributed by atoms with Crippen LogP contribution in [-0.4, -0.2) is 16.5 Å². The number of benzene rings is 2. The molecule has 0 radical (unpaired) electrons. The number of rotatable bonds is 3. The molecule has 2 nitrogen and oxygen atoms in total. The first-order valence-electron chi connectivity index (χ1n) is 7.08. The molecular weight excluding hydrogens is 272 g/mol. The summed E-state index contributed by atoms with van der Waals surface area (Å²) in [5, 5.41) is 10.6. The Morgan fingerprint density at radius 1 is 1.05 bits per heavy atom. The van der Waals surface area contributed by atoms with Crippen molar-refractivity contribution in [2.24, 2.45) is 0 Å². The number of carbonyl (C=O) groups is 1. The molecule has 0 fully saturated rings. The second kappa shape index (κ2) is 6.89. The maximum atomic E-state index is 11.9. The van der Waals surface area contributed by atoms with Gasteiger partial charge in [-0.1, -0.05) is 60.4 Å². The third-order valence-corrected chi connectivity index (χ3v) is 3.24. The van der Waals surface area contributed by atoms with Crippen LogP contribution in [0.2, 0.25) is 0 Å². The van der Waals surface area contributed by atoms with E-state index in [1.807, 2.05) is 60.7 Å². The van der Waals surface area contributed by atoms with Crippen LogP contribution < -0.4 is 0 Å². The van der Waals surface area contributed by atoms with Crippen molar-refractivity contribution in [3.63, 3.8) is 0 Å². The predicted octanol–water partition coefficient (Wildman–Crippen LogP) is 3.46. The third-order valence-electron chi connectivity index (χ3n) is 3.24. The Morgan fingerprint density at radius 2 is 1.59 bits per heavy atom. The second-order valence-corrected chi connectivity index (χ2v) is 5.21. The Labute approximate surface area is 131 Å². The molecule has 110 valence electrons. The van der Waals surface area contributed by atoms with E-state index in [-0.39, 0.29) is 11.4 Å². The zero-order valence-corrected chi connectivity index (χ0v) is 12.7. The van der Waals surface area contributed by atoms with Crippen molar-refractivity contribution in [3.8, 4) is 11.8 Å². The molecule has 1 N–H and O–H groups in total. The molecule has 0 aliphatic carbocycles. The SMILES string of the molecule is CC(=O)/C(=C\c1ccccc1)C(C)(O)C#Cc1ccccc1. The smallest absolute Gasteiger partial charge is 0.159 e. The summed E-state index contributed by atoms with van der Waals surface area (Å²) >= 11 is 0. The van der Waals surface area contributed by atoms with Gasteiger partial charge in [-0.15, -0.1) is 0 Å². The van der Waals surface area contributed by atoms with E-state index < -0.39 is 5.60 Å². The molecule has 0 saturated heterocycles. The number of Topliss-reactive ketones (excluding diaryl/α,β-unsaturated/α-hetero) is 1. The Bertz CT molecular complexity index is 730. The molecular formula is C20H18O2. The van der Waals surface area contributed by atoms with Crippen molar-refractivity contribution in [3.05, 3.63) is 77.4 Å². The normalized spacial score (nSPS) is 13.7. The first kappa shape index (κ1) is 15.8. The standard InChI is InChI=1S/C20H18O2/c1-16(21)19(15-18-11-7-4-8-12-18)20(2,22)14-13-17-9-5-3-6-10-17/h3-12,15,22H,1-2H3/b19-15+. The maximum absolute atomic E-state index is 11.9. The average Bonchev–Trinajstić information content (AvgIpc) is 2.52. The maximum Gasteiger partial charge on any atom is 0.159 e. The van der Waals surface area contributed by atoms with Crippen LogP contribution >= 0.6 is 0 Å². The highest BCUT2D eigenvalue weighted by Gasteiger charge is 2.26. The highest BCUT2D eigenvalue weighted by molar-refractivity contribution is 6.00. The van der Waals surface area contributed by atoms with Crippen LogP contribution in [0.25, 0.3) is 6.08 Å². The van der Waals surface area contributed by atoms with Crippen molar-refractivity contribution in [1.29, 1.82) is 0 Å². The van der Waals surface area contributed by atoms with Gasteiger partial charge in [-0.3, -0.25) is 4.79 Å². The Balaban J connectivity index is 2.38. The number of ketones is 1. The number of hydrogen-bond donors (Lipinski definition) is 1. The highest BCUT2D eigenvalue weighted by atomic mass is 16.3. The summed E-state index contributed by atoms with van der Waals surface area (Å²) in [4.78, 5) is 11.9. The van der Waals surface area contributed by atoms with Crippen molar-refractivity contribution < 1.29 is 9.90 Å². The van der Waals surface area contributed by atoms with Crippen molar-refractivity contribution in [1.82, 2.24) is 0 Å². The molecule has 0 heterocycles. The summed E-state index contributed by atoms with van der Waals surface area (Å²) in [5.41, 5.74) is 0.430. The molecule has 0 aromatic heterocycles. The lowest BCUT2D eigenvalue weighted by molar-refractivity contribution is -0.114. The summed E-state index contributed by atoms with van der Waals surface area (Å²) < 4.78 is 0. The molecule has 0 amide bonds. The largest absolute Gasteiger partial charge is 0.374 e. The van der Waals surface area contributed by atoms with Crippen molar-refractivity contribution in [2.75, 3.05) is 0 Å². The van der Waals surface area contributed by atoms with Gasteiger partial charge < -0.3 is 5.11 Å². The molecule has 0 aliphatic rings. The Morgan fingerprint density at radius 3 is 2.14 bits per heavy atom. The minimum absolute atomic E-state index is 0.198. The summed E-state index contributed by atoms with van der Waals surface area (Å²) in [7, 11) is 0. The van der Waals surface area contributed by atoms with Crippen molar-refractivity contribution in [2.45, 2.75) is 19.4 Å². The van der Waals surface area contributed by atoms with E-state index >= 15 is 0 Å². The van der Waals surface area contributed by atoms with Gasteiger partial charge in [0.25, 0.3) is 0 Å². The zero-order valence-electron chi connectivity index (χ0n) is 12.7. The minimum atomic E-state index is -1.50. The molecule has 0 spiro atoms. The molecule has 0 aliphatic heterocycles. The van der Waals surface area contributed by atoms with E-state index in [1.54, 1.807) is 13.0 Å². The van der Waals surface area contributed by atoms with Gasteiger partial charge >= 0.3 is 0 Å². The van der Waals surface area contributed by atoms with E-state index in [0.717, 1.165) is 11.1 Å². The fourth-order valence-corrected chi connectivity index (χ4v) is 2.08. The highest BCUT2D eigenvalue weighted by Crippen LogP contribution is 2.20. The van der Waals surface area contributed by atoms with Crippen molar-refractivity contribution >= 4 is 11.9 Å². The van der Waals surface area contributed by atoms with Gasteiger partial charge in [0.15, 0.2) is 11.4 Å². The minimum Gasteiger partial charge on any atom is -0.374 e. The fourth-order valence-electron chi connectivity index (χ4n) is 2.08. The lowest BCUT2D eigenvalue weighted by Gasteiger charge is -2.18. The van der Waals surface area contributed by atoms with E-state index in [9.17, 15) is 9.90 Å². The molecule has 0 saturated carbocycles.